The third-order valence-corrected chi connectivity index (χ3v) is 5.07. The Morgan fingerprint density at radius 2 is 2.11 bits per heavy atom. The maximum absolute atomic E-state index is 12.2. The number of carbonyl (C=O) groups is 1. The van der Waals surface area contributed by atoms with Crippen molar-refractivity contribution in [3.63, 3.8) is 0 Å². The van der Waals surface area contributed by atoms with Crippen molar-refractivity contribution in [2.24, 2.45) is 0 Å². The summed E-state index contributed by atoms with van der Waals surface area (Å²) in [7, 11) is 0. The molecule has 1 aromatic heterocycles. The molecule has 5 heteroatoms. The van der Waals surface area contributed by atoms with Crippen LogP contribution in [0.5, 0.6) is 0 Å². The molecule has 1 aliphatic rings. The summed E-state index contributed by atoms with van der Waals surface area (Å²) < 4.78 is 0. The Morgan fingerprint density at radius 3 is 2.89 bits per heavy atom. The topological polar surface area (TPSA) is 29.1 Å². The van der Waals surface area contributed by atoms with E-state index in [1.165, 1.54) is 10.4 Å². The van der Waals surface area contributed by atoms with Crippen LogP contribution in [-0.2, 0) is 12.8 Å². The van der Waals surface area contributed by atoms with Crippen LogP contribution in [0, 0.1) is 0 Å². The van der Waals surface area contributed by atoms with E-state index in [2.05, 4.69) is 16.8 Å². The molecule has 1 N–H and O–H groups in total. The van der Waals surface area contributed by atoms with E-state index in [4.69, 9.17) is 23.2 Å². The number of amides is 1. The van der Waals surface area contributed by atoms with Gasteiger partial charge in [-0.25, -0.2) is 0 Å². The first-order chi connectivity index (χ1) is 9.15. The number of rotatable bonds is 2. The second kappa shape index (κ2) is 5.16. The van der Waals surface area contributed by atoms with Gasteiger partial charge in [0.25, 0.3) is 5.91 Å². The molecular weight excluding hydrogens is 301 g/mol. The van der Waals surface area contributed by atoms with Crippen LogP contribution in [-0.4, -0.2) is 11.9 Å². The third kappa shape index (κ3) is 2.50. The van der Waals surface area contributed by atoms with Crippen LogP contribution in [0.1, 0.15) is 20.8 Å². The molecule has 1 heterocycles. The van der Waals surface area contributed by atoms with Crippen molar-refractivity contribution in [2.45, 2.75) is 18.9 Å². The lowest BCUT2D eigenvalue weighted by Gasteiger charge is -2.13. The zero-order valence-electron chi connectivity index (χ0n) is 9.95. The molecule has 0 saturated carbocycles. The molecule has 2 nitrogen and oxygen atoms in total. The van der Waals surface area contributed by atoms with Crippen LogP contribution in [0.15, 0.2) is 29.6 Å². The lowest BCUT2D eigenvalue weighted by molar-refractivity contribution is 0.0939. The van der Waals surface area contributed by atoms with Gasteiger partial charge in [0.15, 0.2) is 0 Å². The summed E-state index contributed by atoms with van der Waals surface area (Å²) in [5, 5.41) is 5.83. The van der Waals surface area contributed by atoms with Crippen LogP contribution >= 0.6 is 34.5 Å². The lowest BCUT2D eigenvalue weighted by Crippen LogP contribution is -2.35. The Balaban J connectivity index is 1.73. The Labute approximate surface area is 125 Å². The quantitative estimate of drug-likeness (QED) is 0.894. The van der Waals surface area contributed by atoms with Gasteiger partial charge in [0.05, 0.1) is 15.6 Å². The van der Waals surface area contributed by atoms with Crippen LogP contribution < -0.4 is 5.32 Å². The number of halogens is 2. The highest BCUT2D eigenvalue weighted by atomic mass is 35.5. The fourth-order valence-electron chi connectivity index (χ4n) is 2.33. The first kappa shape index (κ1) is 13.0. The minimum Gasteiger partial charge on any atom is -0.349 e. The molecule has 0 bridgehead atoms. The Bertz CT molecular complexity index is 618. The van der Waals surface area contributed by atoms with Gasteiger partial charge in [-0.1, -0.05) is 29.3 Å². The molecule has 1 amide bonds. The average Bonchev–Trinajstić information content (AvgIpc) is 2.93. The minimum atomic E-state index is -0.160. The summed E-state index contributed by atoms with van der Waals surface area (Å²) in [6, 6.07) is 7.37. The number of nitrogens with one attached hydrogen (secondary N) is 1. The molecule has 1 unspecified atom stereocenters. The van der Waals surface area contributed by atoms with E-state index in [1.54, 1.807) is 29.5 Å². The van der Waals surface area contributed by atoms with Gasteiger partial charge < -0.3 is 5.32 Å². The maximum atomic E-state index is 12.2. The molecule has 0 fully saturated rings. The van der Waals surface area contributed by atoms with Crippen molar-refractivity contribution in [1.29, 1.82) is 0 Å². The fraction of sp³-hybridized carbons (Fsp3) is 0.214. The number of hydrogen-bond acceptors (Lipinski definition) is 2. The highest BCUT2D eigenvalue weighted by Gasteiger charge is 2.25. The lowest BCUT2D eigenvalue weighted by atomic mass is 10.1. The van der Waals surface area contributed by atoms with Crippen molar-refractivity contribution in [3.8, 4) is 0 Å². The molecule has 1 atom stereocenters. The smallest absolute Gasteiger partial charge is 0.253 e. The molecule has 0 aliphatic heterocycles. The van der Waals surface area contributed by atoms with E-state index in [-0.39, 0.29) is 11.9 Å². The third-order valence-electron chi connectivity index (χ3n) is 3.27. The largest absolute Gasteiger partial charge is 0.349 e. The minimum absolute atomic E-state index is 0.157. The van der Waals surface area contributed by atoms with Crippen molar-refractivity contribution in [2.75, 3.05) is 0 Å². The predicted molar refractivity (Wildman–Crippen MR) is 79.4 cm³/mol. The summed E-state index contributed by atoms with van der Waals surface area (Å²) in [6.45, 7) is 0. The summed E-state index contributed by atoms with van der Waals surface area (Å²) >= 11 is 13.7. The molecule has 98 valence electrons. The van der Waals surface area contributed by atoms with Gasteiger partial charge in [0.2, 0.25) is 0 Å². The molecule has 0 radical (unpaired) electrons. The molecule has 0 spiro atoms. The first-order valence-electron chi connectivity index (χ1n) is 5.95. The van der Waals surface area contributed by atoms with Gasteiger partial charge in [0, 0.05) is 17.3 Å². The van der Waals surface area contributed by atoms with E-state index in [0.717, 1.165) is 12.8 Å². The maximum Gasteiger partial charge on any atom is 0.253 e. The van der Waals surface area contributed by atoms with Crippen molar-refractivity contribution in [1.82, 2.24) is 5.32 Å². The van der Waals surface area contributed by atoms with Gasteiger partial charge in [0.1, 0.15) is 0 Å². The standard InChI is InChI=1S/C14H11Cl2NOS/c15-11-3-1-2-10(13(11)16)14(18)17-9-6-8-4-5-19-12(8)7-9/h1-5,9H,6-7H2,(H,17,18). The number of hydrogen-bond donors (Lipinski definition) is 1. The van der Waals surface area contributed by atoms with Crippen molar-refractivity contribution >= 4 is 40.4 Å². The van der Waals surface area contributed by atoms with E-state index >= 15 is 0 Å². The van der Waals surface area contributed by atoms with Gasteiger partial charge in [-0.05, 0) is 35.6 Å². The van der Waals surface area contributed by atoms with E-state index in [1.807, 2.05) is 0 Å². The van der Waals surface area contributed by atoms with E-state index in [0.29, 0.717) is 15.6 Å². The average molecular weight is 312 g/mol. The van der Waals surface area contributed by atoms with Gasteiger partial charge >= 0.3 is 0 Å². The number of carbonyl (C=O) groups excluding carboxylic acids is 1. The van der Waals surface area contributed by atoms with E-state index < -0.39 is 0 Å². The van der Waals surface area contributed by atoms with Crippen LogP contribution in [0.25, 0.3) is 0 Å². The highest BCUT2D eigenvalue weighted by molar-refractivity contribution is 7.10. The Kier molecular flexibility index (Phi) is 3.52. The monoisotopic (exact) mass is 311 g/mol. The van der Waals surface area contributed by atoms with Gasteiger partial charge in [-0.15, -0.1) is 11.3 Å². The summed E-state index contributed by atoms with van der Waals surface area (Å²) in [6.07, 6.45) is 1.79. The second-order valence-electron chi connectivity index (χ2n) is 4.55. The van der Waals surface area contributed by atoms with Crippen LogP contribution in [0.4, 0.5) is 0 Å². The van der Waals surface area contributed by atoms with Gasteiger partial charge in [-0.3, -0.25) is 4.79 Å². The highest BCUT2D eigenvalue weighted by Crippen LogP contribution is 2.28. The molecule has 0 saturated heterocycles. The van der Waals surface area contributed by atoms with Crippen molar-refractivity contribution < 1.29 is 4.79 Å². The van der Waals surface area contributed by atoms with Crippen LogP contribution in [0.3, 0.4) is 0 Å². The SMILES string of the molecule is O=C(NC1Cc2ccsc2C1)c1cccc(Cl)c1Cl. The number of thiophene rings is 1. The summed E-state index contributed by atoms with van der Waals surface area (Å²) in [5.41, 5.74) is 1.77. The molecule has 1 aliphatic carbocycles. The molecule has 1 aromatic carbocycles. The molecule has 2 aromatic rings. The summed E-state index contributed by atoms with van der Waals surface area (Å²) in [5.74, 6) is -0.160. The normalized spacial score (nSPS) is 17.3. The zero-order chi connectivity index (χ0) is 13.4. The molecule has 19 heavy (non-hydrogen) atoms. The van der Waals surface area contributed by atoms with Crippen molar-refractivity contribution in [3.05, 3.63) is 55.7 Å². The molecule has 3 rings (SSSR count). The van der Waals surface area contributed by atoms with E-state index in [9.17, 15) is 4.79 Å². The van der Waals surface area contributed by atoms with Crippen LogP contribution in [0.2, 0.25) is 10.0 Å². The first-order valence-corrected chi connectivity index (χ1v) is 7.59. The number of fused-ring (bicyclic) bond motifs is 1. The zero-order valence-corrected chi connectivity index (χ0v) is 12.3. The Hall–Kier alpha value is -1.03. The Morgan fingerprint density at radius 1 is 1.26 bits per heavy atom. The predicted octanol–water partition coefficient (Wildman–Crippen LogP) is 3.95. The van der Waals surface area contributed by atoms with Gasteiger partial charge in [-0.2, -0.15) is 0 Å². The fourth-order valence-corrected chi connectivity index (χ4v) is 3.72. The second-order valence-corrected chi connectivity index (χ2v) is 6.33. The number of benzene rings is 1. The summed E-state index contributed by atoms with van der Waals surface area (Å²) in [4.78, 5) is 13.6. The molecular formula is C14H11Cl2NOS.